The highest BCUT2D eigenvalue weighted by atomic mass is 32.2. The molecule has 1 amide bonds. The Morgan fingerprint density at radius 1 is 1.26 bits per heavy atom. The number of sulfonamides is 1. The van der Waals surface area contributed by atoms with Crippen molar-refractivity contribution in [2.24, 2.45) is 0 Å². The van der Waals surface area contributed by atoms with E-state index in [-0.39, 0.29) is 49.3 Å². The first-order chi connectivity index (χ1) is 18.0. The summed E-state index contributed by atoms with van der Waals surface area (Å²) in [4.78, 5) is 21.7. The van der Waals surface area contributed by atoms with Crippen molar-refractivity contribution < 1.29 is 32.9 Å². The second-order valence-corrected chi connectivity index (χ2v) is 12.7. The molecule has 38 heavy (non-hydrogen) atoms. The molecule has 5 rings (SSSR count). The summed E-state index contributed by atoms with van der Waals surface area (Å²) in [5.74, 6) is -0.445. The molecule has 2 saturated heterocycles. The molecular weight excluding hydrogens is 514 g/mol. The Hall–Kier alpha value is -2.29. The molecule has 1 saturated carbocycles. The van der Waals surface area contributed by atoms with Gasteiger partial charge in [-0.15, -0.1) is 0 Å². The molecule has 3 fully saturated rings. The van der Waals surface area contributed by atoms with E-state index in [0.29, 0.717) is 37.1 Å². The maximum Gasteiger partial charge on any atom is 0.290 e. The Labute approximate surface area is 222 Å². The number of aliphatic hydroxyl groups is 2. The largest absolute Gasteiger partial charge is 0.395 e. The number of amides is 1. The molecule has 0 spiro atoms. The number of aliphatic hydroxyl groups excluding tert-OH is 2. The standard InChI is InChI=1S/C25H37N5O7S/c1-16-11-28(12-17(2)37-16)20-9-18(38(34,35)27-25(3)14-36-15-25)13-30-21(20)10-26-23(30)24(33)29(7-8-31)19-5-4-6-22(19)32/h9-10,13,16-17,19,22,27,31-32H,4-8,11-12,14-15H2,1-3H3/t16-,17-,19-,22-/m0/s1. The molecule has 3 aliphatic rings. The summed E-state index contributed by atoms with van der Waals surface area (Å²) in [6.45, 7) is 7.11. The Bertz CT molecular complexity index is 1280. The van der Waals surface area contributed by atoms with E-state index >= 15 is 0 Å². The van der Waals surface area contributed by atoms with Crippen molar-refractivity contribution in [3.05, 3.63) is 24.3 Å². The van der Waals surface area contributed by atoms with E-state index in [1.54, 1.807) is 19.2 Å². The number of hydrogen-bond donors (Lipinski definition) is 3. The molecular formula is C25H37N5O7S. The summed E-state index contributed by atoms with van der Waals surface area (Å²) < 4.78 is 42.4. The molecule has 2 aromatic heterocycles. The van der Waals surface area contributed by atoms with E-state index < -0.39 is 33.6 Å². The molecule has 2 aromatic rings. The van der Waals surface area contributed by atoms with E-state index in [0.717, 1.165) is 6.42 Å². The van der Waals surface area contributed by atoms with Gasteiger partial charge in [-0.2, -0.15) is 0 Å². The van der Waals surface area contributed by atoms with Gasteiger partial charge in [0.05, 0.1) is 67.1 Å². The lowest BCUT2D eigenvalue weighted by atomic mass is 10.0. The average molecular weight is 552 g/mol. The van der Waals surface area contributed by atoms with Crippen molar-refractivity contribution in [2.75, 3.05) is 44.4 Å². The minimum Gasteiger partial charge on any atom is -0.395 e. The molecule has 210 valence electrons. The minimum atomic E-state index is -3.98. The topological polar surface area (TPSA) is 146 Å². The molecule has 0 radical (unpaired) electrons. The van der Waals surface area contributed by atoms with Crippen molar-refractivity contribution in [2.45, 2.75) is 74.8 Å². The van der Waals surface area contributed by atoms with Crippen LogP contribution in [0.5, 0.6) is 0 Å². The number of aromatic nitrogens is 2. The van der Waals surface area contributed by atoms with Gasteiger partial charge in [-0.3, -0.25) is 9.20 Å². The van der Waals surface area contributed by atoms with Crippen molar-refractivity contribution >= 4 is 27.1 Å². The first kappa shape index (κ1) is 27.3. The van der Waals surface area contributed by atoms with E-state index in [1.165, 1.54) is 15.5 Å². The fourth-order valence-electron chi connectivity index (χ4n) is 5.78. The maximum absolute atomic E-state index is 13.8. The summed E-state index contributed by atoms with van der Waals surface area (Å²) >= 11 is 0. The van der Waals surface area contributed by atoms with Crippen LogP contribution in [0.4, 0.5) is 5.69 Å². The van der Waals surface area contributed by atoms with Crippen LogP contribution < -0.4 is 9.62 Å². The van der Waals surface area contributed by atoms with E-state index in [4.69, 9.17) is 9.47 Å². The number of anilines is 1. The Morgan fingerprint density at radius 3 is 2.55 bits per heavy atom. The van der Waals surface area contributed by atoms with Gasteiger partial charge in [-0.05, 0) is 46.1 Å². The third-order valence-corrected chi connectivity index (χ3v) is 9.13. The number of rotatable bonds is 8. The molecule has 13 heteroatoms. The number of nitrogens with one attached hydrogen (secondary N) is 1. The number of carbonyl (C=O) groups is 1. The van der Waals surface area contributed by atoms with Gasteiger partial charge in [0.1, 0.15) is 4.90 Å². The summed E-state index contributed by atoms with van der Waals surface area (Å²) in [6.07, 6.45) is 4.13. The van der Waals surface area contributed by atoms with E-state index in [1.807, 2.05) is 13.8 Å². The number of morpholine rings is 1. The first-order valence-electron chi connectivity index (χ1n) is 13.1. The van der Waals surface area contributed by atoms with Gasteiger partial charge in [-0.1, -0.05) is 0 Å². The second kappa shape index (κ2) is 10.4. The van der Waals surface area contributed by atoms with Crippen LogP contribution in [0.1, 0.15) is 50.7 Å². The van der Waals surface area contributed by atoms with Gasteiger partial charge in [0.15, 0.2) is 0 Å². The molecule has 12 nitrogen and oxygen atoms in total. The minimum absolute atomic E-state index is 0.00147. The third kappa shape index (κ3) is 5.15. The summed E-state index contributed by atoms with van der Waals surface area (Å²) in [5.41, 5.74) is 0.508. The molecule has 2 aliphatic heterocycles. The monoisotopic (exact) mass is 551 g/mol. The van der Waals surface area contributed by atoms with Crippen molar-refractivity contribution in [1.29, 1.82) is 0 Å². The van der Waals surface area contributed by atoms with Crippen LogP contribution in [-0.4, -0.2) is 108 Å². The summed E-state index contributed by atoms with van der Waals surface area (Å²) in [6, 6.07) is 1.18. The number of ether oxygens (including phenoxy) is 2. The fraction of sp³-hybridized carbons (Fsp3) is 0.680. The van der Waals surface area contributed by atoms with Crippen LogP contribution in [0, 0.1) is 0 Å². The highest BCUT2D eigenvalue weighted by Crippen LogP contribution is 2.32. The highest BCUT2D eigenvalue weighted by molar-refractivity contribution is 7.89. The second-order valence-electron chi connectivity index (χ2n) is 11.0. The lowest BCUT2D eigenvalue weighted by Gasteiger charge is -2.39. The number of imidazole rings is 1. The number of hydrogen-bond acceptors (Lipinski definition) is 9. The molecule has 3 N–H and O–H groups in total. The molecule has 4 heterocycles. The zero-order valence-electron chi connectivity index (χ0n) is 22.0. The van der Waals surface area contributed by atoms with Gasteiger partial charge in [0.2, 0.25) is 15.8 Å². The van der Waals surface area contributed by atoms with Crippen molar-refractivity contribution in [3.63, 3.8) is 0 Å². The molecule has 1 aliphatic carbocycles. The smallest absolute Gasteiger partial charge is 0.290 e. The van der Waals surface area contributed by atoms with Gasteiger partial charge in [0.25, 0.3) is 5.91 Å². The Morgan fingerprint density at radius 2 is 1.97 bits per heavy atom. The molecule has 0 aromatic carbocycles. The van der Waals surface area contributed by atoms with Crippen molar-refractivity contribution in [3.8, 4) is 0 Å². The zero-order valence-corrected chi connectivity index (χ0v) is 22.9. The number of fused-ring (bicyclic) bond motifs is 1. The van der Waals surface area contributed by atoms with E-state index in [2.05, 4.69) is 14.6 Å². The predicted molar refractivity (Wildman–Crippen MR) is 139 cm³/mol. The molecule has 4 atom stereocenters. The fourth-order valence-corrected chi connectivity index (χ4v) is 7.17. The summed E-state index contributed by atoms with van der Waals surface area (Å²) in [5, 5.41) is 20.2. The van der Waals surface area contributed by atoms with Gasteiger partial charge < -0.3 is 29.5 Å². The lowest BCUT2D eigenvalue weighted by Crippen LogP contribution is -2.59. The lowest BCUT2D eigenvalue weighted by molar-refractivity contribution is -0.0523. The summed E-state index contributed by atoms with van der Waals surface area (Å²) in [7, 11) is -3.98. The Balaban J connectivity index is 1.61. The van der Waals surface area contributed by atoms with Crippen LogP contribution in [0.25, 0.3) is 5.52 Å². The first-order valence-corrected chi connectivity index (χ1v) is 14.6. The number of pyridine rings is 1. The van der Waals surface area contributed by atoms with E-state index in [9.17, 15) is 23.4 Å². The van der Waals surface area contributed by atoms with Crippen LogP contribution in [-0.2, 0) is 19.5 Å². The number of nitrogens with zero attached hydrogens (tertiary/aromatic N) is 4. The average Bonchev–Trinajstić information content (AvgIpc) is 3.45. The normalized spacial score (nSPS) is 27.4. The van der Waals surface area contributed by atoms with Gasteiger partial charge >= 0.3 is 0 Å². The highest BCUT2D eigenvalue weighted by Gasteiger charge is 2.39. The molecule has 0 bridgehead atoms. The number of carbonyl (C=O) groups excluding carboxylic acids is 1. The van der Waals surface area contributed by atoms with Crippen LogP contribution in [0.2, 0.25) is 0 Å². The maximum atomic E-state index is 13.8. The van der Waals surface area contributed by atoms with Crippen LogP contribution in [0.15, 0.2) is 23.4 Å². The quantitative estimate of drug-likeness (QED) is 0.423. The zero-order chi connectivity index (χ0) is 27.2. The molecule has 0 unspecified atom stereocenters. The van der Waals surface area contributed by atoms with Gasteiger partial charge in [0, 0.05) is 25.8 Å². The van der Waals surface area contributed by atoms with Crippen LogP contribution >= 0.6 is 0 Å². The SMILES string of the molecule is C[C@H]1CN(c2cc(S(=O)(=O)NC3(C)COC3)cn3c(C(=O)N(CCO)[C@H]4CCC[C@@H]4O)ncc23)C[C@H](C)O1. The third-order valence-electron chi connectivity index (χ3n) is 7.52. The predicted octanol–water partition coefficient (Wildman–Crippen LogP) is 0.363. The van der Waals surface area contributed by atoms with Crippen LogP contribution in [0.3, 0.4) is 0 Å². The van der Waals surface area contributed by atoms with Gasteiger partial charge in [-0.25, -0.2) is 18.1 Å². The van der Waals surface area contributed by atoms with Crippen molar-refractivity contribution in [1.82, 2.24) is 19.0 Å². The Kier molecular flexibility index (Phi) is 7.44.